The summed E-state index contributed by atoms with van der Waals surface area (Å²) in [6.07, 6.45) is 0.298. The number of benzene rings is 1. The fourth-order valence-electron chi connectivity index (χ4n) is 4.46. The number of hydrogen-bond donors (Lipinski definition) is 3. The van der Waals surface area contributed by atoms with Gasteiger partial charge >= 0.3 is 24.8 Å². The number of carbonyl (C=O) groups is 2. The van der Waals surface area contributed by atoms with Gasteiger partial charge in [0.1, 0.15) is 10.6 Å². The average molecular weight is 568 g/mol. The third kappa shape index (κ3) is 5.08. The van der Waals surface area contributed by atoms with E-state index in [9.17, 15) is 14.7 Å². The number of thiazole rings is 1. The number of hydrogen-bond acceptors (Lipinski definition) is 5. The van der Waals surface area contributed by atoms with E-state index in [4.69, 9.17) is 46.4 Å². The molecule has 0 bridgehead atoms. The Morgan fingerprint density at radius 1 is 1.20 bits per heavy atom. The fourth-order valence-corrected chi connectivity index (χ4v) is 6.29. The molecule has 3 N–H and O–H groups in total. The predicted molar refractivity (Wildman–Crippen MR) is 141 cm³/mol. The van der Waals surface area contributed by atoms with Crippen LogP contribution in [0.15, 0.2) is 18.2 Å². The summed E-state index contributed by atoms with van der Waals surface area (Å²) in [5, 5.41) is 14.9. The number of aryl methyl sites for hydroxylation is 1. The molecule has 180 valence electrons. The predicted octanol–water partition coefficient (Wildman–Crippen LogP) is 4.90. The summed E-state index contributed by atoms with van der Waals surface area (Å²) in [6.45, 7) is 3.12. The molecule has 3 heterocycles. The number of piperidine rings is 1. The molecule has 2 fully saturated rings. The molecule has 1 aliphatic carbocycles. The number of nitrogens with zero attached hydrogens (tertiary/aromatic N) is 2. The van der Waals surface area contributed by atoms with Crippen molar-refractivity contribution in [3.05, 3.63) is 65.8 Å². The molecule has 0 spiro atoms. The third-order valence-corrected chi connectivity index (χ3v) is 8.98. The quantitative estimate of drug-likeness (QED) is 0.368. The molecule has 0 radical (unpaired) electrons. The molecule has 1 amide bonds. The Morgan fingerprint density at radius 3 is 2.46 bits per heavy atom. The van der Waals surface area contributed by atoms with Crippen LogP contribution in [0.25, 0.3) is 0 Å². The van der Waals surface area contributed by atoms with Gasteiger partial charge < -0.3 is 20.3 Å². The molecule has 7 nitrogen and oxygen atoms in total. The zero-order chi connectivity index (χ0) is 24.3. The molecule has 2 aromatic heterocycles. The van der Waals surface area contributed by atoms with E-state index in [-0.39, 0.29) is 58.2 Å². The maximum atomic E-state index is 12.6. The molecule has 35 heavy (non-hydrogen) atoms. The number of aromatic amines is 1. The van der Waals surface area contributed by atoms with Gasteiger partial charge in [0, 0.05) is 53.1 Å². The van der Waals surface area contributed by atoms with Crippen molar-refractivity contribution in [2.24, 2.45) is 11.8 Å². The normalized spacial score (nSPS) is 20.4. The summed E-state index contributed by atoms with van der Waals surface area (Å²) in [5.41, 5.74) is 2.14. The SMILES string of the molecule is Cc1[nH]c(C(=O)N[C@H]2[C@@H]3CN(c4nc(Cc5ccc(Cl)cc5Cl)c(C(=O)O)s4)C[C@@H]32)c(Cl)c1Cl.[LiH]. The first-order valence-corrected chi connectivity index (χ1v) is 12.7. The Hall–Kier alpha value is -1.37. The number of anilines is 1. The van der Waals surface area contributed by atoms with Crippen molar-refractivity contribution in [3.63, 3.8) is 0 Å². The second-order valence-corrected chi connectivity index (χ2v) is 11.1. The van der Waals surface area contributed by atoms with Crippen LogP contribution in [0.1, 0.15) is 37.1 Å². The number of rotatable bonds is 6. The molecular weight excluding hydrogens is 549 g/mol. The molecule has 2 aliphatic rings. The van der Waals surface area contributed by atoms with Gasteiger partial charge in [-0.25, -0.2) is 9.78 Å². The molecule has 3 aromatic rings. The first-order valence-electron chi connectivity index (χ1n) is 10.4. The first-order chi connectivity index (χ1) is 16.1. The fraction of sp³-hybridized carbons (Fsp3) is 0.318. The van der Waals surface area contributed by atoms with Crippen LogP contribution in [-0.4, -0.2) is 64.9 Å². The van der Waals surface area contributed by atoms with Gasteiger partial charge in [-0.2, -0.15) is 0 Å². The van der Waals surface area contributed by atoms with Crippen LogP contribution in [-0.2, 0) is 6.42 Å². The van der Waals surface area contributed by atoms with Crippen LogP contribution in [0.4, 0.5) is 5.13 Å². The van der Waals surface area contributed by atoms with Gasteiger partial charge in [-0.1, -0.05) is 63.8 Å². The number of carboxylic acids is 1. The number of carbonyl (C=O) groups excluding carboxylic acids is 1. The van der Waals surface area contributed by atoms with Crippen molar-refractivity contribution in [2.45, 2.75) is 19.4 Å². The van der Waals surface area contributed by atoms with Gasteiger partial charge in [-0.3, -0.25) is 4.79 Å². The van der Waals surface area contributed by atoms with Crippen molar-refractivity contribution in [1.29, 1.82) is 0 Å². The van der Waals surface area contributed by atoms with E-state index in [1.807, 2.05) is 0 Å². The number of aromatic carboxylic acids is 1. The summed E-state index contributed by atoms with van der Waals surface area (Å²) in [5.74, 6) is -0.771. The van der Waals surface area contributed by atoms with Crippen LogP contribution in [0, 0.1) is 18.8 Å². The molecule has 1 saturated carbocycles. The molecular formula is C22H19Cl4LiN4O3S. The summed E-state index contributed by atoms with van der Waals surface area (Å²) in [4.78, 5) is 34.3. The van der Waals surface area contributed by atoms with Gasteiger partial charge in [0.05, 0.1) is 15.7 Å². The van der Waals surface area contributed by atoms with Gasteiger partial charge in [0.25, 0.3) is 5.91 Å². The number of halogens is 4. The van der Waals surface area contributed by atoms with Crippen LogP contribution < -0.4 is 10.2 Å². The van der Waals surface area contributed by atoms with E-state index in [1.165, 1.54) is 0 Å². The minimum absolute atomic E-state index is 0. The number of nitrogens with one attached hydrogen (secondary N) is 2. The zero-order valence-electron chi connectivity index (χ0n) is 17.7. The topological polar surface area (TPSA) is 98.3 Å². The Balaban J connectivity index is 0.00000289. The molecule has 0 unspecified atom stereocenters. The van der Waals surface area contributed by atoms with E-state index < -0.39 is 5.97 Å². The Kier molecular flexibility index (Phi) is 7.76. The van der Waals surface area contributed by atoms with Crippen molar-refractivity contribution in [3.8, 4) is 0 Å². The molecule has 5 rings (SSSR count). The van der Waals surface area contributed by atoms with E-state index in [0.717, 1.165) is 16.9 Å². The Bertz CT molecular complexity index is 1320. The molecule has 1 saturated heterocycles. The van der Waals surface area contributed by atoms with Crippen molar-refractivity contribution in [2.75, 3.05) is 18.0 Å². The molecule has 3 atom stereocenters. The van der Waals surface area contributed by atoms with Crippen molar-refractivity contribution < 1.29 is 14.7 Å². The average Bonchev–Trinajstić information content (AvgIpc) is 3.15. The maximum absolute atomic E-state index is 12.6. The van der Waals surface area contributed by atoms with Crippen LogP contribution in [0.5, 0.6) is 0 Å². The van der Waals surface area contributed by atoms with Crippen molar-refractivity contribution in [1.82, 2.24) is 15.3 Å². The second kappa shape index (κ2) is 10.2. The monoisotopic (exact) mass is 566 g/mol. The summed E-state index contributed by atoms with van der Waals surface area (Å²) in [6, 6.07) is 5.16. The summed E-state index contributed by atoms with van der Waals surface area (Å²) in [7, 11) is 0. The van der Waals surface area contributed by atoms with E-state index in [0.29, 0.717) is 51.1 Å². The minimum atomic E-state index is -1.02. The first kappa shape index (κ1) is 26.7. The van der Waals surface area contributed by atoms with Crippen molar-refractivity contribution >= 4 is 93.6 Å². The van der Waals surface area contributed by atoms with E-state index >= 15 is 0 Å². The Morgan fingerprint density at radius 2 is 1.89 bits per heavy atom. The molecule has 1 aromatic carbocycles. The number of aromatic nitrogens is 2. The van der Waals surface area contributed by atoms with Crippen LogP contribution >= 0.6 is 57.7 Å². The number of amides is 1. The third-order valence-electron chi connectivity index (χ3n) is 6.30. The zero-order valence-corrected chi connectivity index (χ0v) is 21.5. The van der Waals surface area contributed by atoms with Crippen LogP contribution in [0.2, 0.25) is 20.1 Å². The van der Waals surface area contributed by atoms with E-state index in [1.54, 1.807) is 25.1 Å². The Labute approximate surface area is 237 Å². The standard InChI is InChI=1S/C22H18Cl4N4O3S.Li.H/c1-8-15(25)16(26)18(27-8)20(31)29-17-11-6-30(7-12(11)17)22-28-14(19(34-22)21(32)33)4-9-2-3-10(23)5-13(9)24;;/h2-3,5,11-12,17,27H,4,6-7H2,1H3,(H,29,31)(H,32,33);;/t11-,12+,17+;;. The number of carboxylic acid groups (broad SMARTS) is 1. The molecule has 13 heteroatoms. The number of fused-ring (bicyclic) bond motifs is 1. The number of H-pyrrole nitrogens is 1. The van der Waals surface area contributed by atoms with Gasteiger partial charge in [-0.05, 0) is 24.6 Å². The summed E-state index contributed by atoms with van der Waals surface area (Å²) >= 11 is 25.6. The summed E-state index contributed by atoms with van der Waals surface area (Å²) < 4.78 is 0. The van der Waals surface area contributed by atoms with Gasteiger partial charge in [0.2, 0.25) is 0 Å². The van der Waals surface area contributed by atoms with Gasteiger partial charge in [-0.15, -0.1) is 0 Å². The van der Waals surface area contributed by atoms with Crippen LogP contribution in [0.3, 0.4) is 0 Å². The second-order valence-electron chi connectivity index (χ2n) is 8.47. The van der Waals surface area contributed by atoms with E-state index in [2.05, 4.69) is 20.2 Å². The van der Waals surface area contributed by atoms with Gasteiger partial charge in [0.15, 0.2) is 5.13 Å². The molecule has 1 aliphatic heterocycles.